The van der Waals surface area contributed by atoms with Gasteiger partial charge in [-0.25, -0.2) is 15.0 Å². The summed E-state index contributed by atoms with van der Waals surface area (Å²) in [6.45, 7) is 1.66. The van der Waals surface area contributed by atoms with Crippen LogP contribution in [0.25, 0.3) is 32.6 Å². The van der Waals surface area contributed by atoms with Crippen molar-refractivity contribution < 1.29 is 0 Å². The third-order valence-electron chi connectivity index (χ3n) is 5.93. The van der Waals surface area contributed by atoms with Crippen molar-refractivity contribution in [3.05, 3.63) is 62.6 Å². The lowest BCUT2D eigenvalue weighted by Crippen LogP contribution is -2.26. The third kappa shape index (κ3) is 3.12. The van der Waals surface area contributed by atoms with Gasteiger partial charge in [0.2, 0.25) is 0 Å². The quantitative estimate of drug-likeness (QED) is 0.367. The summed E-state index contributed by atoms with van der Waals surface area (Å²) < 4.78 is 0.862. The lowest BCUT2D eigenvalue weighted by atomic mass is 10.0. The molecule has 4 aromatic heterocycles. The normalized spacial score (nSPS) is 14.1. The topological polar surface area (TPSA) is 117 Å². The minimum Gasteiger partial charge on any atom is -0.397 e. The zero-order chi connectivity index (χ0) is 21.8. The van der Waals surface area contributed by atoms with Crippen LogP contribution in [0, 0.1) is 0 Å². The molecular formula is C22H18ClN7OS. The van der Waals surface area contributed by atoms with Gasteiger partial charge in [0.15, 0.2) is 0 Å². The number of nitrogens with zero attached hydrogens (tertiary/aromatic N) is 4. The molecule has 0 amide bonds. The average Bonchev–Trinajstić information content (AvgIpc) is 3.35. The molecule has 1 aliphatic heterocycles. The highest BCUT2D eigenvalue weighted by Crippen LogP contribution is 2.32. The maximum absolute atomic E-state index is 12.7. The average molecular weight is 464 g/mol. The number of nitrogens with one attached hydrogen (secondary N) is 2. The predicted molar refractivity (Wildman–Crippen MR) is 129 cm³/mol. The minimum atomic E-state index is -0.242. The van der Waals surface area contributed by atoms with Crippen molar-refractivity contribution in [2.24, 2.45) is 0 Å². The second kappa shape index (κ2) is 7.32. The molecule has 160 valence electrons. The summed E-state index contributed by atoms with van der Waals surface area (Å²) in [6.07, 6.45) is 5.02. The van der Waals surface area contributed by atoms with Gasteiger partial charge in [-0.1, -0.05) is 11.6 Å². The zero-order valence-corrected chi connectivity index (χ0v) is 18.4. The fourth-order valence-electron chi connectivity index (χ4n) is 4.32. The Morgan fingerprint density at radius 2 is 1.88 bits per heavy atom. The Labute approximate surface area is 191 Å². The number of nitrogen functional groups attached to an aromatic ring is 1. The monoisotopic (exact) mass is 463 g/mol. The van der Waals surface area contributed by atoms with Crippen LogP contribution in [0.2, 0.25) is 5.15 Å². The molecule has 5 aromatic rings. The first-order chi connectivity index (χ1) is 15.6. The van der Waals surface area contributed by atoms with Crippen LogP contribution in [0.3, 0.4) is 0 Å². The minimum absolute atomic E-state index is 0.242. The predicted octanol–water partition coefficient (Wildman–Crippen LogP) is 3.76. The van der Waals surface area contributed by atoms with Crippen LogP contribution in [0.5, 0.6) is 0 Å². The molecule has 1 aliphatic rings. The van der Waals surface area contributed by atoms with Crippen LogP contribution in [0.4, 0.5) is 11.5 Å². The molecule has 8 nitrogen and oxygen atoms in total. The number of halogens is 1. The van der Waals surface area contributed by atoms with E-state index in [0.717, 1.165) is 53.0 Å². The SMILES string of the molecule is Nc1c(-c2nc3cc4c(cc3[nH]2)CCN(c2cnc(Cl)cn2)CC4)c(=O)[nH]c2ccsc12. The number of H-pyrrole nitrogens is 2. The first kappa shape index (κ1) is 19.3. The van der Waals surface area contributed by atoms with E-state index in [4.69, 9.17) is 22.3 Å². The summed E-state index contributed by atoms with van der Waals surface area (Å²) in [6, 6.07) is 6.10. The molecule has 1 aromatic carbocycles. The summed E-state index contributed by atoms with van der Waals surface area (Å²) in [5, 5.41) is 2.30. The molecule has 32 heavy (non-hydrogen) atoms. The van der Waals surface area contributed by atoms with Crippen molar-refractivity contribution in [3.63, 3.8) is 0 Å². The van der Waals surface area contributed by atoms with Gasteiger partial charge in [0, 0.05) is 13.1 Å². The highest BCUT2D eigenvalue weighted by Gasteiger charge is 2.20. The standard InChI is InChI=1S/C22H18ClN7OS/c23-16-9-26-17(10-25-16)30-4-1-11-7-14-15(8-12(11)2-5-30)28-21(27-14)18-19(24)20-13(3-6-32-20)29-22(18)31/h3,6-10H,1-2,4-5H2,(H,27,28)(H3,24,29,31). The van der Waals surface area contributed by atoms with Crippen LogP contribution in [0.1, 0.15) is 11.1 Å². The number of thiophene rings is 1. The van der Waals surface area contributed by atoms with Crippen LogP contribution in [-0.4, -0.2) is 38.0 Å². The number of hydrogen-bond acceptors (Lipinski definition) is 7. The Bertz CT molecular complexity index is 1490. The molecule has 0 unspecified atom stereocenters. The second-order valence-electron chi connectivity index (χ2n) is 7.81. The number of fused-ring (bicyclic) bond motifs is 3. The molecule has 0 atom stereocenters. The highest BCUT2D eigenvalue weighted by atomic mass is 35.5. The zero-order valence-electron chi connectivity index (χ0n) is 16.9. The van der Waals surface area contributed by atoms with Crippen LogP contribution in [-0.2, 0) is 12.8 Å². The summed E-state index contributed by atoms with van der Waals surface area (Å²) >= 11 is 7.37. The van der Waals surface area contributed by atoms with Crippen LogP contribution < -0.4 is 16.2 Å². The Kier molecular flexibility index (Phi) is 4.41. The van der Waals surface area contributed by atoms with Crippen LogP contribution in [0.15, 0.2) is 40.8 Å². The van der Waals surface area contributed by atoms with Gasteiger partial charge in [0.25, 0.3) is 5.56 Å². The number of pyridine rings is 1. The lowest BCUT2D eigenvalue weighted by Gasteiger charge is -2.20. The third-order valence-corrected chi connectivity index (χ3v) is 7.07. The van der Waals surface area contributed by atoms with Crippen LogP contribution >= 0.6 is 22.9 Å². The van der Waals surface area contributed by atoms with E-state index in [1.54, 1.807) is 12.4 Å². The molecule has 0 radical (unpaired) electrons. The smallest absolute Gasteiger partial charge is 0.261 e. The van der Waals surface area contributed by atoms with Gasteiger partial charge in [-0.15, -0.1) is 11.3 Å². The summed E-state index contributed by atoms with van der Waals surface area (Å²) in [5.41, 5.74) is 11.9. The van der Waals surface area contributed by atoms with Crippen molar-refractivity contribution in [3.8, 4) is 11.4 Å². The Morgan fingerprint density at radius 3 is 2.66 bits per heavy atom. The van der Waals surface area contributed by atoms with E-state index >= 15 is 0 Å². The first-order valence-corrected chi connectivity index (χ1v) is 11.5. The number of imidazole rings is 1. The Morgan fingerprint density at radius 1 is 1.06 bits per heavy atom. The molecule has 10 heteroatoms. The van der Waals surface area contributed by atoms with Crippen molar-refractivity contribution in [2.75, 3.05) is 23.7 Å². The van der Waals surface area contributed by atoms with E-state index < -0.39 is 0 Å². The lowest BCUT2D eigenvalue weighted by molar-refractivity contribution is 0.787. The van der Waals surface area contributed by atoms with Crippen molar-refractivity contribution in [1.29, 1.82) is 0 Å². The number of hydrogen-bond donors (Lipinski definition) is 3. The summed E-state index contributed by atoms with van der Waals surface area (Å²) in [4.78, 5) is 34.4. The maximum atomic E-state index is 12.7. The number of aromatic nitrogens is 5. The molecule has 5 heterocycles. The molecule has 4 N–H and O–H groups in total. The summed E-state index contributed by atoms with van der Waals surface area (Å²) in [7, 11) is 0. The second-order valence-corrected chi connectivity index (χ2v) is 9.12. The van der Waals surface area contributed by atoms with Crippen molar-refractivity contribution in [1.82, 2.24) is 24.9 Å². The van der Waals surface area contributed by atoms with Gasteiger partial charge in [-0.3, -0.25) is 4.79 Å². The van der Waals surface area contributed by atoms with E-state index in [2.05, 4.69) is 37.0 Å². The fourth-order valence-corrected chi connectivity index (χ4v) is 5.23. The molecule has 0 aliphatic carbocycles. The number of anilines is 2. The number of nitrogens with two attached hydrogens (primary N) is 1. The highest BCUT2D eigenvalue weighted by molar-refractivity contribution is 7.17. The van der Waals surface area contributed by atoms with Crippen molar-refractivity contribution in [2.45, 2.75) is 12.8 Å². The molecule has 0 fully saturated rings. The molecule has 0 spiro atoms. The van der Waals surface area contributed by atoms with E-state index in [0.29, 0.717) is 22.2 Å². The fraction of sp³-hybridized carbons (Fsp3) is 0.182. The number of rotatable bonds is 2. The summed E-state index contributed by atoms with van der Waals surface area (Å²) in [5.74, 6) is 1.32. The van der Waals surface area contributed by atoms with Gasteiger partial charge in [-0.2, -0.15) is 0 Å². The maximum Gasteiger partial charge on any atom is 0.261 e. The molecule has 0 saturated carbocycles. The van der Waals surface area contributed by atoms with Gasteiger partial charge in [0.1, 0.15) is 22.4 Å². The largest absolute Gasteiger partial charge is 0.397 e. The molecular weight excluding hydrogens is 446 g/mol. The van der Waals surface area contributed by atoms with E-state index in [1.165, 1.54) is 22.5 Å². The van der Waals surface area contributed by atoms with Gasteiger partial charge in [-0.05, 0) is 47.5 Å². The van der Waals surface area contributed by atoms with E-state index in [9.17, 15) is 4.79 Å². The number of benzene rings is 1. The van der Waals surface area contributed by atoms with Gasteiger partial charge >= 0.3 is 0 Å². The van der Waals surface area contributed by atoms with Gasteiger partial charge < -0.3 is 20.6 Å². The Hall–Kier alpha value is -3.43. The molecule has 0 bridgehead atoms. The first-order valence-electron chi connectivity index (χ1n) is 10.2. The van der Waals surface area contributed by atoms with Gasteiger partial charge in [0.05, 0.1) is 39.3 Å². The number of aromatic amines is 2. The molecule has 0 saturated heterocycles. The van der Waals surface area contributed by atoms with E-state index in [1.807, 2.05) is 11.4 Å². The van der Waals surface area contributed by atoms with Crippen molar-refractivity contribution >= 4 is 55.7 Å². The Balaban J connectivity index is 1.36. The molecule has 6 rings (SSSR count). The van der Waals surface area contributed by atoms with E-state index in [-0.39, 0.29) is 5.56 Å².